The number of benzene rings is 1. The van der Waals surface area contributed by atoms with Crippen LogP contribution in [0.5, 0.6) is 0 Å². The second kappa shape index (κ2) is 7.64. The highest BCUT2D eigenvalue weighted by Gasteiger charge is 2.44. The lowest BCUT2D eigenvalue weighted by Crippen LogP contribution is -2.50. The predicted octanol–water partition coefficient (Wildman–Crippen LogP) is 1.10. The van der Waals surface area contributed by atoms with Crippen molar-refractivity contribution < 1.29 is 9.53 Å². The lowest BCUT2D eigenvalue weighted by atomic mass is 9.96. The molecule has 1 aliphatic heterocycles. The molecule has 3 rings (SSSR count). The topological polar surface area (TPSA) is 44.8 Å². The Morgan fingerprint density at radius 3 is 2.75 bits per heavy atom. The Balaban J connectivity index is 1.44. The van der Waals surface area contributed by atoms with Gasteiger partial charge in [0, 0.05) is 31.6 Å². The number of rotatable bonds is 7. The summed E-state index contributed by atoms with van der Waals surface area (Å²) in [7, 11) is 4.10. The molecule has 0 spiro atoms. The average molecular weight is 331 g/mol. The van der Waals surface area contributed by atoms with E-state index in [4.69, 9.17) is 4.74 Å². The monoisotopic (exact) mass is 331 g/mol. The number of carbonyl (C=O) groups is 1. The highest BCUT2D eigenvalue weighted by molar-refractivity contribution is 5.78. The fraction of sp³-hybridized carbons (Fsp3) is 0.632. The molecule has 2 aliphatic rings. The number of hydrogen-bond acceptors (Lipinski definition) is 4. The molecule has 1 amide bonds. The zero-order valence-corrected chi connectivity index (χ0v) is 14.8. The minimum Gasteiger partial charge on any atom is -0.374 e. The number of morpholine rings is 1. The summed E-state index contributed by atoms with van der Waals surface area (Å²) >= 11 is 0. The Morgan fingerprint density at radius 2 is 2.08 bits per heavy atom. The molecule has 0 bridgehead atoms. The lowest BCUT2D eigenvalue weighted by molar-refractivity contribution is -0.124. The minimum absolute atomic E-state index is 0.128. The highest BCUT2D eigenvalue weighted by atomic mass is 16.5. The Kier molecular flexibility index (Phi) is 5.54. The van der Waals surface area contributed by atoms with E-state index in [9.17, 15) is 4.79 Å². The van der Waals surface area contributed by atoms with Crippen molar-refractivity contribution in [2.24, 2.45) is 0 Å². The van der Waals surface area contributed by atoms with Crippen molar-refractivity contribution in [2.75, 3.05) is 53.4 Å². The Morgan fingerprint density at radius 1 is 1.33 bits per heavy atom. The van der Waals surface area contributed by atoms with Crippen molar-refractivity contribution in [2.45, 2.75) is 24.4 Å². The molecular weight excluding hydrogens is 302 g/mol. The molecule has 0 unspecified atom stereocenters. The van der Waals surface area contributed by atoms with E-state index < -0.39 is 0 Å². The fourth-order valence-corrected chi connectivity index (χ4v) is 3.48. The largest absolute Gasteiger partial charge is 0.374 e. The van der Waals surface area contributed by atoms with E-state index >= 15 is 0 Å². The van der Waals surface area contributed by atoms with Crippen molar-refractivity contribution in [3.63, 3.8) is 0 Å². The molecule has 1 aliphatic carbocycles. The highest BCUT2D eigenvalue weighted by Crippen LogP contribution is 2.47. The summed E-state index contributed by atoms with van der Waals surface area (Å²) in [6, 6.07) is 10.5. The maximum atomic E-state index is 12.3. The Hall–Kier alpha value is -1.43. The number of ether oxygens (including phenoxy) is 1. The first-order chi connectivity index (χ1) is 11.6. The molecule has 1 atom stereocenters. The van der Waals surface area contributed by atoms with Crippen molar-refractivity contribution >= 4 is 5.91 Å². The van der Waals surface area contributed by atoms with Gasteiger partial charge in [-0.05, 0) is 32.5 Å². The minimum atomic E-state index is 0.128. The van der Waals surface area contributed by atoms with Crippen LogP contribution in [0, 0.1) is 0 Å². The molecule has 5 heteroatoms. The van der Waals surface area contributed by atoms with Crippen LogP contribution in [0.15, 0.2) is 30.3 Å². The van der Waals surface area contributed by atoms with E-state index in [1.807, 2.05) is 20.2 Å². The molecule has 1 saturated carbocycles. The molecule has 2 fully saturated rings. The van der Waals surface area contributed by atoms with Gasteiger partial charge in [0.25, 0.3) is 0 Å². The smallest absolute Gasteiger partial charge is 0.234 e. The molecule has 0 aromatic heterocycles. The van der Waals surface area contributed by atoms with Gasteiger partial charge in [-0.25, -0.2) is 0 Å². The van der Waals surface area contributed by atoms with Crippen LogP contribution in [0.2, 0.25) is 0 Å². The van der Waals surface area contributed by atoms with E-state index in [1.54, 1.807) is 0 Å². The van der Waals surface area contributed by atoms with Crippen LogP contribution in [-0.2, 0) is 14.9 Å². The molecule has 5 nitrogen and oxygen atoms in total. The van der Waals surface area contributed by atoms with Crippen molar-refractivity contribution in [3.05, 3.63) is 35.9 Å². The van der Waals surface area contributed by atoms with Crippen LogP contribution in [0.25, 0.3) is 0 Å². The zero-order chi connectivity index (χ0) is 17.0. The molecule has 1 aromatic carbocycles. The van der Waals surface area contributed by atoms with Gasteiger partial charge >= 0.3 is 0 Å². The molecular formula is C19H29N3O2. The second-order valence-corrected chi connectivity index (χ2v) is 7.41. The van der Waals surface area contributed by atoms with E-state index in [-0.39, 0.29) is 17.4 Å². The van der Waals surface area contributed by atoms with Crippen molar-refractivity contribution in [3.8, 4) is 0 Å². The third kappa shape index (κ3) is 4.56. The van der Waals surface area contributed by atoms with Gasteiger partial charge in [0.1, 0.15) is 0 Å². The third-order valence-corrected chi connectivity index (χ3v) is 5.02. The van der Waals surface area contributed by atoms with E-state index in [1.165, 1.54) is 18.4 Å². The quantitative estimate of drug-likeness (QED) is 0.813. The van der Waals surface area contributed by atoms with Crippen LogP contribution in [0.3, 0.4) is 0 Å². The summed E-state index contributed by atoms with van der Waals surface area (Å²) < 4.78 is 5.77. The van der Waals surface area contributed by atoms with E-state index in [0.717, 1.165) is 26.2 Å². The van der Waals surface area contributed by atoms with Gasteiger partial charge in [-0.1, -0.05) is 30.3 Å². The standard InChI is InChI=1S/C19H29N3O2/c1-21(2)12-17-13-22(10-11-24-17)14-18(23)20-15-19(8-9-19)16-6-4-3-5-7-16/h3-7,17H,8-15H2,1-2H3,(H,20,23)/t17-/m0/s1. The summed E-state index contributed by atoms with van der Waals surface area (Å²) in [6.45, 7) is 4.49. The summed E-state index contributed by atoms with van der Waals surface area (Å²) in [5, 5.41) is 3.15. The molecule has 1 aromatic rings. The van der Waals surface area contributed by atoms with Gasteiger partial charge in [-0.2, -0.15) is 0 Å². The van der Waals surface area contributed by atoms with Crippen LogP contribution in [-0.4, -0.2) is 75.2 Å². The van der Waals surface area contributed by atoms with E-state index in [2.05, 4.69) is 39.4 Å². The molecule has 0 radical (unpaired) electrons. The second-order valence-electron chi connectivity index (χ2n) is 7.41. The molecule has 1 heterocycles. The maximum absolute atomic E-state index is 12.3. The number of nitrogens with one attached hydrogen (secondary N) is 1. The fourth-order valence-electron chi connectivity index (χ4n) is 3.48. The van der Waals surface area contributed by atoms with Crippen molar-refractivity contribution in [1.82, 2.24) is 15.1 Å². The van der Waals surface area contributed by atoms with Gasteiger partial charge in [-0.15, -0.1) is 0 Å². The Bertz CT molecular complexity index is 543. The van der Waals surface area contributed by atoms with Gasteiger partial charge in [0.2, 0.25) is 5.91 Å². The normalized spacial score (nSPS) is 23.2. The average Bonchev–Trinajstić information content (AvgIpc) is 3.35. The molecule has 132 valence electrons. The maximum Gasteiger partial charge on any atom is 0.234 e. The first-order valence-corrected chi connectivity index (χ1v) is 8.88. The van der Waals surface area contributed by atoms with Crippen molar-refractivity contribution in [1.29, 1.82) is 0 Å². The molecule has 1 N–H and O–H groups in total. The predicted molar refractivity (Wildman–Crippen MR) is 95.1 cm³/mol. The van der Waals surface area contributed by atoms with Gasteiger partial charge in [0.05, 0.1) is 19.3 Å². The zero-order valence-electron chi connectivity index (χ0n) is 14.8. The van der Waals surface area contributed by atoms with Gasteiger partial charge < -0.3 is 15.0 Å². The van der Waals surface area contributed by atoms with Crippen LogP contribution in [0.1, 0.15) is 18.4 Å². The SMILES string of the molecule is CN(C)C[C@H]1CN(CC(=O)NCC2(c3ccccc3)CC2)CCO1. The first kappa shape index (κ1) is 17.4. The Labute approximate surface area is 145 Å². The number of likely N-dealkylation sites (N-methyl/N-ethyl adjacent to an activating group) is 1. The van der Waals surface area contributed by atoms with Crippen LogP contribution < -0.4 is 5.32 Å². The summed E-state index contributed by atoms with van der Waals surface area (Å²) in [4.78, 5) is 16.7. The number of amides is 1. The summed E-state index contributed by atoms with van der Waals surface area (Å²) in [5.41, 5.74) is 1.53. The third-order valence-electron chi connectivity index (χ3n) is 5.02. The number of hydrogen-bond donors (Lipinski definition) is 1. The summed E-state index contributed by atoms with van der Waals surface area (Å²) in [6.07, 6.45) is 2.53. The summed E-state index contributed by atoms with van der Waals surface area (Å²) in [5.74, 6) is 0.128. The van der Waals surface area contributed by atoms with Crippen LogP contribution in [0.4, 0.5) is 0 Å². The van der Waals surface area contributed by atoms with Gasteiger partial charge in [-0.3, -0.25) is 9.69 Å². The lowest BCUT2D eigenvalue weighted by Gasteiger charge is -2.33. The van der Waals surface area contributed by atoms with E-state index in [0.29, 0.717) is 13.2 Å². The first-order valence-electron chi connectivity index (χ1n) is 8.88. The van der Waals surface area contributed by atoms with Crippen LogP contribution >= 0.6 is 0 Å². The number of nitrogens with zero attached hydrogens (tertiary/aromatic N) is 2. The number of carbonyl (C=O) groups excluding carboxylic acids is 1. The molecule has 1 saturated heterocycles. The molecule has 24 heavy (non-hydrogen) atoms. The van der Waals surface area contributed by atoms with Gasteiger partial charge in [0.15, 0.2) is 0 Å².